The number of para-hydroxylation sites is 1. The maximum atomic E-state index is 12.7. The Kier molecular flexibility index (Phi) is 12.0. The number of hydrogen-bond acceptors (Lipinski definition) is 7. The van der Waals surface area contributed by atoms with E-state index in [0.29, 0.717) is 39.3 Å². The minimum atomic E-state index is -0.617. The highest BCUT2D eigenvalue weighted by molar-refractivity contribution is 14.1. The molecule has 0 aromatic heterocycles. The van der Waals surface area contributed by atoms with Crippen molar-refractivity contribution in [3.8, 4) is 11.5 Å². The zero-order chi connectivity index (χ0) is 30.9. The standard InChI is InChI=1S/C30H27ClI2N4O5S/c1-3-40-29(39)26-17(2)35-30(43)36-27(26)21-6-4-5-7-24(21)41-16-25(38)37-34-14-19-12-22(32)28(23(33)13-19)42-15-18-8-10-20(31)11-9-18/h4-14,27H,3,15-16H2,1-2H3,(H,37,38)(H2,35,36,43)/t27-/m1/s1. The van der Waals surface area contributed by atoms with Crippen LogP contribution in [-0.4, -0.2) is 36.4 Å². The summed E-state index contributed by atoms with van der Waals surface area (Å²) in [5.41, 5.74) is 5.89. The van der Waals surface area contributed by atoms with Crippen LogP contribution < -0.4 is 25.5 Å². The van der Waals surface area contributed by atoms with Gasteiger partial charge in [-0.1, -0.05) is 41.9 Å². The second-order valence-electron chi connectivity index (χ2n) is 9.14. The fraction of sp³-hybridized carbons (Fsp3) is 0.200. The molecule has 3 aromatic carbocycles. The van der Waals surface area contributed by atoms with Crippen LogP contribution >= 0.6 is 69.0 Å². The molecule has 0 saturated heterocycles. The van der Waals surface area contributed by atoms with E-state index in [0.717, 1.165) is 24.0 Å². The van der Waals surface area contributed by atoms with Crippen LogP contribution in [0.5, 0.6) is 11.5 Å². The van der Waals surface area contributed by atoms with Crippen LogP contribution in [0.4, 0.5) is 0 Å². The van der Waals surface area contributed by atoms with Crippen molar-refractivity contribution < 1.29 is 23.8 Å². The molecule has 3 aromatic rings. The highest BCUT2D eigenvalue weighted by Gasteiger charge is 2.32. The summed E-state index contributed by atoms with van der Waals surface area (Å²) in [4.78, 5) is 25.3. The van der Waals surface area contributed by atoms with E-state index in [2.05, 4.69) is 66.3 Å². The van der Waals surface area contributed by atoms with Crippen LogP contribution in [0, 0.1) is 7.14 Å². The Morgan fingerprint density at radius 1 is 1.09 bits per heavy atom. The molecule has 0 saturated carbocycles. The van der Waals surface area contributed by atoms with Gasteiger partial charge in [0.2, 0.25) is 0 Å². The van der Waals surface area contributed by atoms with Crippen molar-refractivity contribution >= 4 is 92.2 Å². The normalized spacial score (nSPS) is 14.6. The van der Waals surface area contributed by atoms with E-state index in [1.54, 1.807) is 38.3 Å². The van der Waals surface area contributed by atoms with Crippen LogP contribution in [-0.2, 0) is 20.9 Å². The third-order valence-electron chi connectivity index (χ3n) is 6.07. The average molecular weight is 845 g/mol. The SMILES string of the molecule is CCOC(=O)C1=C(C)NC(=S)N[C@@H]1c1ccccc1OCC(=O)NN=Cc1cc(I)c(OCc2ccc(Cl)cc2)c(I)c1. The van der Waals surface area contributed by atoms with Crippen LogP contribution in [0.15, 0.2) is 77.0 Å². The molecule has 1 aliphatic rings. The second kappa shape index (κ2) is 15.7. The van der Waals surface area contributed by atoms with Gasteiger partial charge in [-0.3, -0.25) is 4.79 Å². The maximum absolute atomic E-state index is 12.7. The number of allylic oxidation sites excluding steroid dienone is 1. The summed E-state index contributed by atoms with van der Waals surface area (Å²) in [6, 6.07) is 17.8. The van der Waals surface area contributed by atoms with Crippen LogP contribution in [0.2, 0.25) is 5.02 Å². The quantitative estimate of drug-likeness (QED) is 0.0709. The number of halogens is 3. The fourth-order valence-electron chi connectivity index (χ4n) is 4.14. The Balaban J connectivity index is 1.37. The number of carbonyl (C=O) groups is 2. The van der Waals surface area contributed by atoms with Crippen LogP contribution in [0.25, 0.3) is 0 Å². The van der Waals surface area contributed by atoms with Gasteiger partial charge in [0.15, 0.2) is 11.7 Å². The number of nitrogens with one attached hydrogen (secondary N) is 3. The van der Waals surface area contributed by atoms with Gasteiger partial charge in [0.05, 0.1) is 31.6 Å². The monoisotopic (exact) mass is 844 g/mol. The van der Waals surface area contributed by atoms with E-state index >= 15 is 0 Å². The third kappa shape index (κ3) is 9.03. The summed E-state index contributed by atoms with van der Waals surface area (Å²) in [5, 5.41) is 11.2. The third-order valence-corrected chi connectivity index (χ3v) is 8.15. The summed E-state index contributed by atoms with van der Waals surface area (Å²) in [7, 11) is 0. The van der Waals surface area contributed by atoms with Gasteiger partial charge in [-0.05, 0) is 113 Å². The first-order valence-corrected chi connectivity index (χ1v) is 16.0. The van der Waals surface area contributed by atoms with Crippen molar-refractivity contribution in [3.05, 3.63) is 101 Å². The van der Waals surface area contributed by atoms with E-state index in [9.17, 15) is 9.59 Å². The topological polar surface area (TPSA) is 110 Å². The highest BCUT2D eigenvalue weighted by Crippen LogP contribution is 2.34. The molecule has 0 aliphatic carbocycles. The lowest BCUT2D eigenvalue weighted by Gasteiger charge is -2.30. The Morgan fingerprint density at radius 2 is 1.79 bits per heavy atom. The van der Waals surface area contributed by atoms with Gasteiger partial charge in [-0.25, -0.2) is 10.2 Å². The first-order chi connectivity index (χ1) is 20.7. The molecule has 0 radical (unpaired) electrons. The van der Waals surface area contributed by atoms with Gasteiger partial charge in [-0.15, -0.1) is 0 Å². The minimum Gasteiger partial charge on any atom is -0.487 e. The van der Waals surface area contributed by atoms with Crippen LogP contribution in [0.1, 0.15) is 36.6 Å². The number of esters is 1. The number of hydrogen-bond donors (Lipinski definition) is 3. The number of carbonyl (C=O) groups excluding carboxylic acids is 2. The molecule has 4 rings (SSSR count). The molecule has 1 aliphatic heterocycles. The van der Waals surface area contributed by atoms with E-state index in [-0.39, 0.29) is 13.2 Å². The number of benzene rings is 3. The van der Waals surface area contributed by atoms with E-state index in [1.807, 2.05) is 42.5 Å². The molecule has 0 bridgehead atoms. The van der Waals surface area contributed by atoms with Gasteiger partial charge in [0.1, 0.15) is 18.1 Å². The number of rotatable bonds is 11. The van der Waals surface area contributed by atoms with Gasteiger partial charge in [0, 0.05) is 16.3 Å². The summed E-state index contributed by atoms with van der Waals surface area (Å²) in [6.07, 6.45) is 1.55. The molecule has 1 amide bonds. The Labute approximate surface area is 287 Å². The van der Waals surface area contributed by atoms with E-state index in [1.165, 1.54) is 0 Å². The number of nitrogens with zero attached hydrogens (tertiary/aromatic N) is 1. The Hall–Kier alpha value is -2.95. The molecule has 1 heterocycles. The largest absolute Gasteiger partial charge is 0.487 e. The van der Waals surface area contributed by atoms with Crippen molar-refractivity contribution in [1.29, 1.82) is 0 Å². The number of amides is 1. The summed E-state index contributed by atoms with van der Waals surface area (Å²) < 4.78 is 18.9. The van der Waals surface area contributed by atoms with Gasteiger partial charge >= 0.3 is 5.97 Å². The lowest BCUT2D eigenvalue weighted by atomic mass is 9.95. The molecular weight excluding hydrogens is 818 g/mol. The van der Waals surface area contributed by atoms with E-state index < -0.39 is 17.9 Å². The molecule has 0 spiro atoms. The van der Waals surface area contributed by atoms with Crippen molar-refractivity contribution in [2.45, 2.75) is 26.5 Å². The summed E-state index contributed by atoms with van der Waals surface area (Å²) in [6.45, 7) is 3.84. The number of ether oxygens (including phenoxy) is 3. The minimum absolute atomic E-state index is 0.228. The highest BCUT2D eigenvalue weighted by atomic mass is 127. The van der Waals surface area contributed by atoms with Crippen molar-refractivity contribution in [1.82, 2.24) is 16.1 Å². The van der Waals surface area contributed by atoms with Gasteiger partial charge in [-0.2, -0.15) is 5.10 Å². The summed E-state index contributed by atoms with van der Waals surface area (Å²) in [5.74, 6) is 0.255. The first-order valence-electron chi connectivity index (χ1n) is 13.0. The Morgan fingerprint density at radius 3 is 2.49 bits per heavy atom. The average Bonchev–Trinajstić information content (AvgIpc) is 2.96. The van der Waals surface area contributed by atoms with Gasteiger partial charge in [0.25, 0.3) is 5.91 Å². The molecule has 224 valence electrons. The van der Waals surface area contributed by atoms with Crippen molar-refractivity contribution in [3.63, 3.8) is 0 Å². The molecule has 13 heteroatoms. The van der Waals surface area contributed by atoms with E-state index in [4.69, 9.17) is 38.0 Å². The number of thiocarbonyl (C=S) groups is 1. The number of hydrazone groups is 1. The smallest absolute Gasteiger partial charge is 0.338 e. The molecule has 3 N–H and O–H groups in total. The molecule has 0 fully saturated rings. The van der Waals surface area contributed by atoms with Gasteiger partial charge < -0.3 is 24.8 Å². The first kappa shape index (κ1) is 33.0. The van der Waals surface area contributed by atoms with Crippen molar-refractivity contribution in [2.24, 2.45) is 5.10 Å². The van der Waals surface area contributed by atoms with Crippen LogP contribution in [0.3, 0.4) is 0 Å². The van der Waals surface area contributed by atoms with Crippen molar-refractivity contribution in [2.75, 3.05) is 13.2 Å². The molecular formula is C30H27ClI2N4O5S. The molecule has 43 heavy (non-hydrogen) atoms. The molecule has 1 atom stereocenters. The molecule has 9 nitrogen and oxygen atoms in total. The zero-order valence-electron chi connectivity index (χ0n) is 23.1. The predicted octanol–water partition coefficient (Wildman–Crippen LogP) is 6.01. The lowest BCUT2D eigenvalue weighted by Crippen LogP contribution is -2.45. The summed E-state index contributed by atoms with van der Waals surface area (Å²) >= 11 is 15.7. The molecule has 0 unspecified atom stereocenters. The predicted molar refractivity (Wildman–Crippen MR) is 186 cm³/mol. The second-order valence-corrected chi connectivity index (χ2v) is 12.3. The lowest BCUT2D eigenvalue weighted by molar-refractivity contribution is -0.139. The maximum Gasteiger partial charge on any atom is 0.338 e. The Bertz CT molecular complexity index is 1560. The zero-order valence-corrected chi connectivity index (χ0v) is 29.0. The fourth-order valence-corrected chi connectivity index (χ4v) is 6.66.